The quantitative estimate of drug-likeness (QED) is 0.464. The third-order valence-electron chi connectivity index (χ3n) is 2.60. The Balaban J connectivity index is 2.36. The topological polar surface area (TPSA) is 66.0 Å². The van der Waals surface area contributed by atoms with Crippen LogP contribution in [-0.2, 0) is 4.74 Å². The molecule has 1 saturated heterocycles. The fraction of sp³-hybridized carbons (Fsp3) is 0.714. The minimum Gasteiger partial charge on any atom is -0.444 e. The molecule has 0 aromatic heterocycles. The molecular formula is C14H26N4O2. The lowest BCUT2D eigenvalue weighted by molar-refractivity contribution is 0.00701. The number of likely N-dealkylation sites (tertiary alicyclic amines) is 1. The monoisotopic (exact) mass is 282 g/mol. The number of nitrogens with zero attached hydrogens (tertiary/aromatic N) is 2. The molecule has 1 heterocycles. The fourth-order valence-electron chi connectivity index (χ4n) is 1.71. The summed E-state index contributed by atoms with van der Waals surface area (Å²) in [7, 11) is 0. The Bertz CT molecular complexity index is 368. The van der Waals surface area contributed by atoms with Gasteiger partial charge in [-0.2, -0.15) is 0 Å². The van der Waals surface area contributed by atoms with Gasteiger partial charge in [-0.3, -0.25) is 0 Å². The van der Waals surface area contributed by atoms with Gasteiger partial charge in [0.05, 0.1) is 12.6 Å². The van der Waals surface area contributed by atoms with Gasteiger partial charge in [0.1, 0.15) is 5.60 Å². The van der Waals surface area contributed by atoms with Crippen LogP contribution in [0.15, 0.2) is 17.6 Å². The van der Waals surface area contributed by atoms with E-state index in [-0.39, 0.29) is 12.1 Å². The van der Waals surface area contributed by atoms with Gasteiger partial charge in [0.2, 0.25) is 0 Å². The lowest BCUT2D eigenvalue weighted by Gasteiger charge is -2.40. The average molecular weight is 282 g/mol. The molecular weight excluding hydrogens is 256 g/mol. The predicted octanol–water partition coefficient (Wildman–Crippen LogP) is 1.35. The highest BCUT2D eigenvalue weighted by Gasteiger charge is 2.34. The van der Waals surface area contributed by atoms with Crippen LogP contribution in [0.3, 0.4) is 0 Å². The van der Waals surface area contributed by atoms with Crippen molar-refractivity contribution in [3.63, 3.8) is 0 Å². The molecule has 0 aromatic rings. The van der Waals surface area contributed by atoms with E-state index in [1.54, 1.807) is 11.0 Å². The number of amides is 1. The first-order valence-corrected chi connectivity index (χ1v) is 6.99. The first-order chi connectivity index (χ1) is 9.35. The van der Waals surface area contributed by atoms with Gasteiger partial charge in [-0.1, -0.05) is 6.08 Å². The maximum Gasteiger partial charge on any atom is 0.410 e. The summed E-state index contributed by atoms with van der Waals surface area (Å²) in [5.41, 5.74) is -0.448. The molecule has 114 valence electrons. The van der Waals surface area contributed by atoms with Gasteiger partial charge in [0.25, 0.3) is 0 Å². The number of hydrogen-bond donors (Lipinski definition) is 2. The number of guanidine groups is 1. The number of hydrogen-bond acceptors (Lipinski definition) is 3. The number of carbonyl (C=O) groups excluding carboxylic acids is 1. The summed E-state index contributed by atoms with van der Waals surface area (Å²) in [5, 5.41) is 6.43. The van der Waals surface area contributed by atoms with Crippen molar-refractivity contribution >= 4 is 12.1 Å². The first kappa shape index (κ1) is 16.3. The second-order valence-corrected chi connectivity index (χ2v) is 5.73. The zero-order chi connectivity index (χ0) is 15.2. The van der Waals surface area contributed by atoms with E-state index >= 15 is 0 Å². The number of nitrogens with one attached hydrogen (secondary N) is 2. The molecule has 1 fully saturated rings. The Morgan fingerprint density at radius 3 is 2.65 bits per heavy atom. The molecule has 1 amide bonds. The molecule has 1 aliphatic heterocycles. The molecule has 0 aliphatic carbocycles. The third-order valence-corrected chi connectivity index (χ3v) is 2.60. The smallest absolute Gasteiger partial charge is 0.410 e. The third kappa shape index (κ3) is 5.50. The van der Waals surface area contributed by atoms with Crippen LogP contribution in [0.2, 0.25) is 0 Å². The van der Waals surface area contributed by atoms with E-state index in [0.717, 1.165) is 12.5 Å². The van der Waals surface area contributed by atoms with Crippen LogP contribution >= 0.6 is 0 Å². The molecule has 1 aliphatic rings. The van der Waals surface area contributed by atoms with Crippen LogP contribution < -0.4 is 10.6 Å². The highest BCUT2D eigenvalue weighted by Crippen LogP contribution is 2.15. The van der Waals surface area contributed by atoms with Crippen molar-refractivity contribution < 1.29 is 9.53 Å². The molecule has 0 atom stereocenters. The van der Waals surface area contributed by atoms with Crippen molar-refractivity contribution in [3.05, 3.63) is 12.7 Å². The van der Waals surface area contributed by atoms with Crippen LogP contribution in [0, 0.1) is 0 Å². The summed E-state index contributed by atoms with van der Waals surface area (Å²) < 4.78 is 5.31. The van der Waals surface area contributed by atoms with Gasteiger partial charge >= 0.3 is 6.09 Å². The molecule has 6 nitrogen and oxygen atoms in total. The second kappa shape index (κ2) is 7.17. The molecule has 0 spiro atoms. The maximum absolute atomic E-state index is 11.8. The molecule has 0 unspecified atom stereocenters. The molecule has 20 heavy (non-hydrogen) atoms. The summed E-state index contributed by atoms with van der Waals surface area (Å²) in [6.07, 6.45) is 1.48. The summed E-state index contributed by atoms with van der Waals surface area (Å²) in [6.45, 7) is 13.9. The molecule has 1 rings (SSSR count). The number of aliphatic imine (C=N–C) groups is 1. The Hall–Kier alpha value is -1.72. The lowest BCUT2D eigenvalue weighted by atomic mass is 10.1. The zero-order valence-corrected chi connectivity index (χ0v) is 12.9. The Morgan fingerprint density at radius 2 is 2.15 bits per heavy atom. The first-order valence-electron chi connectivity index (χ1n) is 6.99. The van der Waals surface area contributed by atoms with Gasteiger partial charge in [-0.15, -0.1) is 6.58 Å². The normalized spacial score (nSPS) is 16.4. The summed E-state index contributed by atoms with van der Waals surface area (Å²) in [5.74, 6) is 0.751. The lowest BCUT2D eigenvalue weighted by Crippen LogP contribution is -2.63. The van der Waals surface area contributed by atoms with Gasteiger partial charge in [-0.25, -0.2) is 9.79 Å². The van der Waals surface area contributed by atoms with E-state index in [4.69, 9.17) is 4.74 Å². The molecule has 0 radical (unpaired) electrons. The highest BCUT2D eigenvalue weighted by molar-refractivity contribution is 5.80. The minimum absolute atomic E-state index is 0.213. The van der Waals surface area contributed by atoms with Crippen LogP contribution in [0.4, 0.5) is 4.79 Å². The fourth-order valence-corrected chi connectivity index (χ4v) is 1.71. The van der Waals surface area contributed by atoms with Crippen LogP contribution in [0.25, 0.3) is 0 Å². The van der Waals surface area contributed by atoms with Crippen molar-refractivity contribution in [1.29, 1.82) is 0 Å². The Morgan fingerprint density at radius 1 is 1.50 bits per heavy atom. The van der Waals surface area contributed by atoms with Crippen molar-refractivity contribution in [2.75, 3.05) is 26.2 Å². The Labute approximate surface area is 121 Å². The zero-order valence-electron chi connectivity index (χ0n) is 12.9. The van der Waals surface area contributed by atoms with Gasteiger partial charge in [0, 0.05) is 19.6 Å². The van der Waals surface area contributed by atoms with Crippen molar-refractivity contribution in [2.24, 2.45) is 4.99 Å². The molecule has 0 bridgehead atoms. The van der Waals surface area contributed by atoms with Crippen molar-refractivity contribution in [3.8, 4) is 0 Å². The van der Waals surface area contributed by atoms with Crippen molar-refractivity contribution in [1.82, 2.24) is 15.5 Å². The van der Waals surface area contributed by atoms with Crippen molar-refractivity contribution in [2.45, 2.75) is 39.3 Å². The largest absolute Gasteiger partial charge is 0.444 e. The van der Waals surface area contributed by atoms with Crippen LogP contribution in [0.1, 0.15) is 27.7 Å². The Kier molecular flexibility index (Phi) is 5.85. The van der Waals surface area contributed by atoms with E-state index in [2.05, 4.69) is 22.2 Å². The second-order valence-electron chi connectivity index (χ2n) is 5.73. The standard InChI is InChI=1S/C14H26N4O2/c1-6-8-16-12(15-7-2)17-11-9-18(10-11)13(19)20-14(3,4)5/h6,11H,1,7-10H2,2-5H3,(H2,15,16,17). The van der Waals surface area contributed by atoms with E-state index in [0.29, 0.717) is 19.6 Å². The molecule has 0 saturated carbocycles. The number of rotatable bonds is 4. The SMILES string of the molecule is C=CCN=C(NCC)NC1CN(C(=O)OC(C)(C)C)C1. The number of carbonyl (C=O) groups is 1. The van der Waals surface area contributed by atoms with E-state index < -0.39 is 5.60 Å². The highest BCUT2D eigenvalue weighted by atomic mass is 16.6. The molecule has 2 N–H and O–H groups in total. The maximum atomic E-state index is 11.8. The van der Waals surface area contributed by atoms with Crippen LogP contribution in [0.5, 0.6) is 0 Å². The summed E-state index contributed by atoms with van der Waals surface area (Å²) in [6, 6.07) is 0.213. The minimum atomic E-state index is -0.448. The van der Waals surface area contributed by atoms with Gasteiger partial charge in [0.15, 0.2) is 5.96 Å². The predicted molar refractivity (Wildman–Crippen MR) is 80.9 cm³/mol. The van der Waals surface area contributed by atoms with Crippen LogP contribution in [-0.4, -0.2) is 54.8 Å². The van der Waals surface area contributed by atoms with E-state index in [1.807, 2.05) is 27.7 Å². The van der Waals surface area contributed by atoms with Gasteiger partial charge < -0.3 is 20.3 Å². The summed E-state index contributed by atoms with van der Waals surface area (Å²) >= 11 is 0. The molecule has 0 aromatic carbocycles. The van der Waals surface area contributed by atoms with E-state index in [9.17, 15) is 4.79 Å². The van der Waals surface area contributed by atoms with E-state index in [1.165, 1.54) is 0 Å². The molecule has 6 heteroatoms. The number of ether oxygens (including phenoxy) is 1. The summed E-state index contributed by atoms with van der Waals surface area (Å²) in [4.78, 5) is 17.8. The van der Waals surface area contributed by atoms with Gasteiger partial charge in [-0.05, 0) is 27.7 Å². The average Bonchev–Trinajstić information content (AvgIpc) is 2.27.